The molecule has 31 heavy (non-hydrogen) atoms. The molecular weight excluding hydrogens is 391 g/mol. The summed E-state index contributed by atoms with van der Waals surface area (Å²) in [6.07, 6.45) is 2.48. The monoisotopic (exact) mass is 418 g/mol. The number of piperidine rings is 2. The number of rotatable bonds is 4. The van der Waals surface area contributed by atoms with Gasteiger partial charge in [0.05, 0.1) is 22.4 Å². The lowest BCUT2D eigenvalue weighted by Gasteiger charge is -2.47. The van der Waals surface area contributed by atoms with Gasteiger partial charge in [0, 0.05) is 38.6 Å². The van der Waals surface area contributed by atoms with Crippen molar-refractivity contribution in [3.8, 4) is 0 Å². The number of nitrogens with zero attached hydrogens (tertiary/aromatic N) is 4. The van der Waals surface area contributed by atoms with Gasteiger partial charge >= 0.3 is 0 Å². The third-order valence-corrected chi connectivity index (χ3v) is 6.71. The maximum absolute atomic E-state index is 13.3. The molecule has 0 spiro atoms. The number of hydrogen-bond acceptors (Lipinski definition) is 4. The second-order valence-corrected chi connectivity index (χ2v) is 8.78. The van der Waals surface area contributed by atoms with E-state index >= 15 is 0 Å². The van der Waals surface area contributed by atoms with Gasteiger partial charge in [-0.2, -0.15) is 0 Å². The molecule has 5 rings (SSSR count). The maximum atomic E-state index is 13.3. The minimum atomic E-state index is -0.244. The molecule has 0 radical (unpaired) electrons. The van der Waals surface area contributed by atoms with Crippen LogP contribution in [0.3, 0.4) is 0 Å². The topological polar surface area (TPSA) is 49.3 Å². The zero-order valence-corrected chi connectivity index (χ0v) is 17.8. The summed E-state index contributed by atoms with van der Waals surface area (Å²) in [6, 6.07) is 14.8. The molecule has 0 saturated carbocycles. The largest absolute Gasteiger partial charge is 0.335 e. The Labute approximate surface area is 181 Å². The van der Waals surface area contributed by atoms with E-state index in [4.69, 9.17) is 9.97 Å². The first-order chi connectivity index (χ1) is 15.1. The van der Waals surface area contributed by atoms with Crippen LogP contribution in [-0.2, 0) is 17.9 Å². The molecule has 1 aromatic heterocycles. The van der Waals surface area contributed by atoms with Gasteiger partial charge in [-0.1, -0.05) is 24.3 Å². The number of halogens is 1. The lowest BCUT2D eigenvalue weighted by atomic mass is 9.83. The Morgan fingerprint density at radius 2 is 1.74 bits per heavy atom. The van der Waals surface area contributed by atoms with Gasteiger partial charge < -0.3 is 4.90 Å². The van der Waals surface area contributed by atoms with E-state index in [9.17, 15) is 9.18 Å². The number of aromatic nitrogens is 2. The van der Waals surface area contributed by atoms with Gasteiger partial charge in [0.1, 0.15) is 5.82 Å². The molecule has 0 bridgehead atoms. The average Bonchev–Trinajstić information content (AvgIpc) is 2.77. The molecule has 160 valence electrons. The van der Waals surface area contributed by atoms with Crippen LogP contribution >= 0.6 is 0 Å². The van der Waals surface area contributed by atoms with E-state index in [1.165, 1.54) is 12.1 Å². The molecule has 2 fully saturated rings. The molecular formula is C25H27FN4O. The Morgan fingerprint density at radius 1 is 1.00 bits per heavy atom. The highest BCUT2D eigenvalue weighted by Gasteiger charge is 2.39. The van der Waals surface area contributed by atoms with Gasteiger partial charge in [-0.3, -0.25) is 9.69 Å². The molecule has 6 heteroatoms. The number of hydrogen-bond donors (Lipinski definition) is 0. The predicted octanol–water partition coefficient (Wildman–Crippen LogP) is 4.09. The highest BCUT2D eigenvalue weighted by molar-refractivity contribution is 5.77. The Bertz CT molecular complexity index is 1100. The van der Waals surface area contributed by atoms with Gasteiger partial charge in [0.15, 0.2) is 0 Å². The van der Waals surface area contributed by atoms with Gasteiger partial charge in [0.2, 0.25) is 5.91 Å². The Kier molecular flexibility index (Phi) is 5.40. The van der Waals surface area contributed by atoms with E-state index in [2.05, 4.69) is 4.90 Å². The molecule has 2 aromatic carbocycles. The van der Waals surface area contributed by atoms with E-state index in [0.717, 1.165) is 60.5 Å². The van der Waals surface area contributed by atoms with Gasteiger partial charge in [-0.25, -0.2) is 14.4 Å². The molecule has 0 aliphatic carbocycles. The van der Waals surface area contributed by atoms with Crippen molar-refractivity contribution in [2.24, 2.45) is 5.92 Å². The van der Waals surface area contributed by atoms with Crippen molar-refractivity contribution in [1.82, 2.24) is 19.8 Å². The average molecular weight is 419 g/mol. The van der Waals surface area contributed by atoms with E-state index in [1.54, 1.807) is 12.1 Å². The standard InChI is InChI=1S/C25H27FN4O/c1-17-23(28-22-5-3-2-4-21(22)27-17)16-29-13-12-24-19(15-29)8-11-25(31)30(24)14-18-6-9-20(26)10-7-18/h2-7,9-10,19,24H,8,11-16H2,1H3/t19-,24+/m1/s1. The number of carbonyl (C=O) groups excluding carboxylic acids is 1. The van der Waals surface area contributed by atoms with Crippen LogP contribution in [0.25, 0.3) is 11.0 Å². The summed E-state index contributed by atoms with van der Waals surface area (Å²) in [5, 5.41) is 0. The van der Waals surface area contributed by atoms with Gasteiger partial charge in [-0.05, 0) is 55.5 Å². The number of carbonyl (C=O) groups is 1. The first-order valence-electron chi connectivity index (χ1n) is 11.1. The predicted molar refractivity (Wildman–Crippen MR) is 118 cm³/mol. The normalized spacial score (nSPS) is 22.0. The number of aryl methyl sites for hydroxylation is 1. The van der Waals surface area contributed by atoms with Crippen LogP contribution in [0.2, 0.25) is 0 Å². The van der Waals surface area contributed by atoms with Crippen molar-refractivity contribution in [1.29, 1.82) is 0 Å². The van der Waals surface area contributed by atoms with Crippen molar-refractivity contribution >= 4 is 16.9 Å². The number of para-hydroxylation sites is 2. The second kappa shape index (κ2) is 8.35. The van der Waals surface area contributed by atoms with Gasteiger partial charge in [-0.15, -0.1) is 0 Å². The van der Waals surface area contributed by atoms with Crippen LogP contribution < -0.4 is 0 Å². The summed E-state index contributed by atoms with van der Waals surface area (Å²) >= 11 is 0. The van der Waals surface area contributed by atoms with E-state index in [1.807, 2.05) is 36.1 Å². The summed E-state index contributed by atoms with van der Waals surface area (Å²) in [4.78, 5) is 26.8. The van der Waals surface area contributed by atoms with Crippen molar-refractivity contribution < 1.29 is 9.18 Å². The Hall–Kier alpha value is -2.86. The molecule has 1 amide bonds. The van der Waals surface area contributed by atoms with Crippen molar-refractivity contribution in [3.05, 3.63) is 71.3 Å². The van der Waals surface area contributed by atoms with Crippen LogP contribution in [0.4, 0.5) is 4.39 Å². The summed E-state index contributed by atoms with van der Waals surface area (Å²) in [5.74, 6) is 0.433. The van der Waals surface area contributed by atoms with E-state index in [0.29, 0.717) is 18.9 Å². The second-order valence-electron chi connectivity index (χ2n) is 8.78. The Morgan fingerprint density at radius 3 is 2.52 bits per heavy atom. The SMILES string of the molecule is Cc1nc2ccccc2nc1CN1CC[C@H]2[C@H](CCC(=O)N2Cc2ccc(F)cc2)C1. The summed E-state index contributed by atoms with van der Waals surface area (Å²) in [7, 11) is 0. The zero-order chi connectivity index (χ0) is 21.4. The molecule has 2 aliphatic rings. The maximum Gasteiger partial charge on any atom is 0.223 e. The number of amides is 1. The molecule has 3 heterocycles. The first-order valence-corrected chi connectivity index (χ1v) is 11.1. The lowest BCUT2D eigenvalue weighted by Crippen LogP contribution is -2.55. The zero-order valence-electron chi connectivity index (χ0n) is 17.8. The summed E-state index contributed by atoms with van der Waals surface area (Å²) < 4.78 is 13.3. The number of likely N-dealkylation sites (tertiary alicyclic amines) is 2. The summed E-state index contributed by atoms with van der Waals surface area (Å²) in [5.41, 5.74) is 4.88. The smallest absolute Gasteiger partial charge is 0.223 e. The van der Waals surface area contributed by atoms with Crippen molar-refractivity contribution in [3.63, 3.8) is 0 Å². The van der Waals surface area contributed by atoms with E-state index < -0.39 is 0 Å². The quantitative estimate of drug-likeness (QED) is 0.640. The fourth-order valence-corrected chi connectivity index (χ4v) is 5.05. The fourth-order valence-electron chi connectivity index (χ4n) is 5.05. The molecule has 5 nitrogen and oxygen atoms in total. The van der Waals surface area contributed by atoms with Crippen LogP contribution in [0, 0.1) is 18.7 Å². The third kappa shape index (κ3) is 4.17. The Balaban J connectivity index is 1.29. The van der Waals surface area contributed by atoms with Crippen LogP contribution in [0.15, 0.2) is 48.5 Å². The summed E-state index contributed by atoms with van der Waals surface area (Å²) in [6.45, 7) is 5.29. The molecule has 2 atom stereocenters. The first kappa shape index (κ1) is 20.1. The molecule has 2 aliphatic heterocycles. The molecule has 2 saturated heterocycles. The van der Waals surface area contributed by atoms with Crippen molar-refractivity contribution in [2.45, 2.75) is 45.3 Å². The van der Waals surface area contributed by atoms with E-state index in [-0.39, 0.29) is 17.8 Å². The minimum absolute atomic E-state index is 0.218. The molecule has 0 N–H and O–H groups in total. The van der Waals surface area contributed by atoms with Crippen molar-refractivity contribution in [2.75, 3.05) is 13.1 Å². The number of fused-ring (bicyclic) bond motifs is 2. The third-order valence-electron chi connectivity index (χ3n) is 6.71. The van der Waals surface area contributed by atoms with Crippen LogP contribution in [0.1, 0.15) is 36.2 Å². The minimum Gasteiger partial charge on any atom is -0.335 e. The highest BCUT2D eigenvalue weighted by Crippen LogP contribution is 2.33. The van der Waals surface area contributed by atoms with Crippen LogP contribution in [0.5, 0.6) is 0 Å². The molecule has 3 aromatic rings. The fraction of sp³-hybridized carbons (Fsp3) is 0.400. The lowest BCUT2D eigenvalue weighted by molar-refractivity contribution is -0.142. The molecule has 0 unspecified atom stereocenters. The highest BCUT2D eigenvalue weighted by atomic mass is 19.1. The number of benzene rings is 2. The van der Waals surface area contributed by atoms with Crippen LogP contribution in [-0.4, -0.2) is 44.8 Å². The van der Waals surface area contributed by atoms with Gasteiger partial charge in [0.25, 0.3) is 0 Å².